The maximum Gasteiger partial charge on any atom is 0.303 e. The first-order valence-corrected chi connectivity index (χ1v) is 19.8. The van der Waals surface area contributed by atoms with Gasteiger partial charge in [0.2, 0.25) is 0 Å². The van der Waals surface area contributed by atoms with E-state index in [1.807, 2.05) is 91.0 Å². The van der Waals surface area contributed by atoms with E-state index >= 15 is 0 Å². The highest BCUT2D eigenvalue weighted by Gasteiger charge is 2.57. The molecule has 328 valence electrons. The maximum absolute atomic E-state index is 13.5. The van der Waals surface area contributed by atoms with Crippen molar-refractivity contribution in [1.29, 1.82) is 0 Å². The first-order chi connectivity index (χ1) is 29.5. The molecule has 0 saturated carbocycles. The molecular weight excluding hydrogens is 798 g/mol. The van der Waals surface area contributed by atoms with Crippen molar-refractivity contribution in [3.8, 4) is 0 Å². The topological polar surface area (TPSA) is 190 Å². The van der Waals surface area contributed by atoms with Crippen molar-refractivity contribution in [2.45, 2.75) is 102 Å². The monoisotopic (exact) mass is 849 g/mol. The lowest BCUT2D eigenvalue weighted by molar-refractivity contribution is -0.337. The summed E-state index contributed by atoms with van der Waals surface area (Å²) in [5.41, 5.74) is 2.64. The number of methoxy groups -OCH3 is 1. The summed E-state index contributed by atoms with van der Waals surface area (Å²) >= 11 is 0. The van der Waals surface area contributed by atoms with Crippen molar-refractivity contribution < 1.29 is 76.1 Å². The van der Waals surface area contributed by atoms with Crippen LogP contribution in [0.5, 0.6) is 0 Å². The molecular formula is C44H51NO16. The molecule has 0 unspecified atom stereocenters. The normalized spacial score (nSPS) is 27.9. The second-order valence-electron chi connectivity index (χ2n) is 14.5. The second kappa shape index (κ2) is 22.1. The Hall–Kier alpha value is -5.11. The zero-order valence-corrected chi connectivity index (χ0v) is 34.4. The second-order valence-corrected chi connectivity index (χ2v) is 14.5. The van der Waals surface area contributed by atoms with E-state index in [-0.39, 0.29) is 26.4 Å². The number of rotatable bonds is 18. The molecule has 0 aromatic heterocycles. The lowest BCUT2D eigenvalue weighted by Crippen LogP contribution is -2.70. The van der Waals surface area contributed by atoms with Gasteiger partial charge in [0.1, 0.15) is 56.4 Å². The average molecular weight is 850 g/mol. The summed E-state index contributed by atoms with van der Waals surface area (Å²) in [6.45, 7) is 2.08. The molecule has 0 N–H and O–H groups in total. The molecule has 10 atom stereocenters. The molecule has 0 radical (unpaired) electrons. The Morgan fingerprint density at radius 1 is 0.557 bits per heavy atom. The summed E-state index contributed by atoms with van der Waals surface area (Å²) in [5, 5.41) is 0. The van der Waals surface area contributed by atoms with Crippen LogP contribution in [0.15, 0.2) is 91.0 Å². The van der Waals surface area contributed by atoms with Crippen LogP contribution >= 0.6 is 0 Å². The van der Waals surface area contributed by atoms with E-state index < -0.39 is 111 Å². The number of hydrogen-bond donors (Lipinski definition) is 0. The van der Waals surface area contributed by atoms with Gasteiger partial charge < -0.3 is 52.1 Å². The number of amides is 2. The highest BCUT2D eigenvalue weighted by molar-refractivity contribution is 5.98. The van der Waals surface area contributed by atoms with Crippen molar-refractivity contribution >= 4 is 29.7 Å². The lowest BCUT2D eigenvalue weighted by atomic mass is 9.94. The van der Waals surface area contributed by atoms with Gasteiger partial charge in [-0.3, -0.25) is 28.9 Å². The molecule has 17 heteroatoms. The Morgan fingerprint density at radius 2 is 1.02 bits per heavy atom. The molecule has 2 amide bonds. The summed E-state index contributed by atoms with van der Waals surface area (Å²) in [6, 6.07) is 27.1. The van der Waals surface area contributed by atoms with Crippen LogP contribution in [0, 0.1) is 0 Å². The minimum absolute atomic E-state index is 0.127. The fourth-order valence-electron chi connectivity index (χ4n) is 7.39. The van der Waals surface area contributed by atoms with Gasteiger partial charge >= 0.3 is 17.9 Å². The Balaban J connectivity index is 1.37. The molecule has 3 aliphatic rings. The van der Waals surface area contributed by atoms with Gasteiger partial charge in [0, 0.05) is 27.9 Å². The standard InChI is InChI=1S/C44H51NO16/c1-27(46)53-23-34-39(58-28(2)47)40(59-29(3)48)37(45-35(49)25-52-26-36(45)50)43(60-34)57-24-33-38(54-20-30-14-8-5-9-15-30)41(55-21-31-16-10-6-11-17-31)42(44(51-4)61-33)56-22-32-18-12-7-13-19-32/h5-19,33-34,37-44H,20-26H2,1-4H3/t33-,34-,37-,38-,39-,40-,41+,42-,43-,44-/m1/s1. The van der Waals surface area contributed by atoms with Gasteiger partial charge in [-0.1, -0.05) is 91.0 Å². The summed E-state index contributed by atoms with van der Waals surface area (Å²) in [4.78, 5) is 64.9. The number of ether oxygens (including phenoxy) is 11. The quantitative estimate of drug-likeness (QED) is 0.103. The SMILES string of the molecule is CO[C@@H]1O[C@H](CO[C@@H]2O[C@H](COC(C)=O)[C@@H](OC(C)=O)[C@H](OC(C)=O)[C@H]2N2C(=O)COCC2=O)[C@@H](OCc2ccccc2)[C@H](OCc2ccccc2)[C@H]1OCc1ccccc1. The van der Waals surface area contributed by atoms with E-state index in [9.17, 15) is 24.0 Å². The van der Waals surface area contributed by atoms with Crippen LogP contribution in [0.1, 0.15) is 37.5 Å². The summed E-state index contributed by atoms with van der Waals surface area (Å²) in [6.07, 6.45) is -10.5. The average Bonchev–Trinajstić information content (AvgIpc) is 3.25. The zero-order chi connectivity index (χ0) is 43.3. The number of morpholine rings is 1. The zero-order valence-electron chi connectivity index (χ0n) is 34.4. The van der Waals surface area contributed by atoms with Crippen LogP contribution in [0.25, 0.3) is 0 Å². The predicted octanol–water partition coefficient (Wildman–Crippen LogP) is 3.04. The number of carbonyl (C=O) groups excluding carboxylic acids is 5. The third-order valence-corrected chi connectivity index (χ3v) is 10.1. The van der Waals surface area contributed by atoms with E-state index in [0.717, 1.165) is 35.4 Å². The van der Waals surface area contributed by atoms with Crippen LogP contribution in [0.3, 0.4) is 0 Å². The van der Waals surface area contributed by atoms with Crippen molar-refractivity contribution in [2.75, 3.05) is 33.5 Å². The van der Waals surface area contributed by atoms with Crippen molar-refractivity contribution in [3.05, 3.63) is 108 Å². The number of carbonyl (C=O) groups is 5. The third kappa shape index (κ3) is 12.3. The molecule has 3 heterocycles. The first-order valence-electron chi connectivity index (χ1n) is 19.8. The first kappa shape index (κ1) is 45.4. The van der Waals surface area contributed by atoms with Gasteiger partial charge in [0.05, 0.1) is 26.4 Å². The smallest absolute Gasteiger partial charge is 0.303 e. The number of imide groups is 1. The highest BCUT2D eigenvalue weighted by atomic mass is 16.7. The van der Waals surface area contributed by atoms with E-state index in [1.165, 1.54) is 14.0 Å². The number of nitrogens with zero attached hydrogens (tertiary/aromatic N) is 1. The van der Waals surface area contributed by atoms with Crippen molar-refractivity contribution in [2.24, 2.45) is 0 Å². The highest BCUT2D eigenvalue weighted by Crippen LogP contribution is 2.35. The molecule has 3 fully saturated rings. The van der Waals surface area contributed by atoms with Gasteiger partial charge in [-0.15, -0.1) is 0 Å². The summed E-state index contributed by atoms with van der Waals surface area (Å²) in [7, 11) is 1.47. The van der Waals surface area contributed by atoms with E-state index in [1.54, 1.807) is 0 Å². The maximum atomic E-state index is 13.5. The molecule has 0 bridgehead atoms. The molecule has 6 rings (SSSR count). The van der Waals surface area contributed by atoms with E-state index in [4.69, 9.17) is 52.1 Å². The molecule has 3 aliphatic heterocycles. The van der Waals surface area contributed by atoms with Crippen LogP contribution in [0.4, 0.5) is 0 Å². The molecule has 17 nitrogen and oxygen atoms in total. The Morgan fingerprint density at radius 3 is 1.51 bits per heavy atom. The van der Waals surface area contributed by atoms with Crippen LogP contribution in [-0.4, -0.2) is 130 Å². The van der Waals surface area contributed by atoms with Gasteiger partial charge in [-0.2, -0.15) is 0 Å². The van der Waals surface area contributed by atoms with Gasteiger partial charge in [0.15, 0.2) is 24.8 Å². The van der Waals surface area contributed by atoms with Gasteiger partial charge in [-0.05, 0) is 16.7 Å². The lowest BCUT2D eigenvalue weighted by Gasteiger charge is -2.49. The molecule has 0 spiro atoms. The largest absolute Gasteiger partial charge is 0.463 e. The molecule has 3 aromatic carbocycles. The minimum Gasteiger partial charge on any atom is -0.463 e. The summed E-state index contributed by atoms with van der Waals surface area (Å²) in [5.74, 6) is -3.90. The predicted molar refractivity (Wildman–Crippen MR) is 210 cm³/mol. The van der Waals surface area contributed by atoms with Crippen LogP contribution in [-0.2, 0) is 95.9 Å². The Labute approximate surface area is 353 Å². The van der Waals surface area contributed by atoms with Gasteiger partial charge in [0.25, 0.3) is 11.8 Å². The molecule has 3 saturated heterocycles. The van der Waals surface area contributed by atoms with Crippen molar-refractivity contribution in [3.63, 3.8) is 0 Å². The number of esters is 3. The molecule has 0 aliphatic carbocycles. The van der Waals surface area contributed by atoms with E-state index in [0.29, 0.717) is 0 Å². The summed E-state index contributed by atoms with van der Waals surface area (Å²) < 4.78 is 67.0. The van der Waals surface area contributed by atoms with Gasteiger partial charge in [-0.25, -0.2) is 0 Å². The Kier molecular flexibility index (Phi) is 16.5. The van der Waals surface area contributed by atoms with E-state index in [2.05, 4.69) is 0 Å². The van der Waals surface area contributed by atoms with Crippen molar-refractivity contribution in [1.82, 2.24) is 4.90 Å². The van der Waals surface area contributed by atoms with Crippen LogP contribution in [0.2, 0.25) is 0 Å². The van der Waals surface area contributed by atoms with Crippen LogP contribution < -0.4 is 0 Å². The Bertz CT molecular complexity index is 1880. The number of benzene rings is 3. The fraction of sp³-hybridized carbons (Fsp3) is 0.477. The molecule has 3 aromatic rings. The number of hydrogen-bond acceptors (Lipinski definition) is 16. The minimum atomic E-state index is -1.59. The fourth-order valence-corrected chi connectivity index (χ4v) is 7.39. The third-order valence-electron chi connectivity index (χ3n) is 10.1. The molecule has 61 heavy (non-hydrogen) atoms.